The van der Waals surface area contributed by atoms with Crippen molar-refractivity contribution in [1.29, 1.82) is 0 Å². The van der Waals surface area contributed by atoms with Crippen LogP contribution in [0.4, 0.5) is 0 Å². The van der Waals surface area contributed by atoms with Gasteiger partial charge in [0.2, 0.25) is 0 Å². The molecule has 2 aromatic rings. The predicted molar refractivity (Wildman–Crippen MR) is 52.2 cm³/mol. The smallest absolute Gasteiger partial charge is 0.126 e. The fraction of sp³-hybridized carbons (Fsp3) is 0.200. The Bertz CT molecular complexity index is 437. The van der Waals surface area contributed by atoms with Crippen molar-refractivity contribution in [3.05, 3.63) is 35.8 Å². The highest BCUT2D eigenvalue weighted by Crippen LogP contribution is 2.14. The molecule has 1 aromatic heterocycles. The first kappa shape index (κ1) is 8.13. The van der Waals surface area contributed by atoms with Gasteiger partial charge in [0.25, 0.3) is 0 Å². The first-order valence-electron chi connectivity index (χ1n) is 4.23. The van der Waals surface area contributed by atoms with E-state index < -0.39 is 0 Å². The van der Waals surface area contributed by atoms with Crippen LogP contribution in [0.1, 0.15) is 11.5 Å². The molecule has 0 radical (unpaired) electrons. The molecule has 13 heavy (non-hydrogen) atoms. The quantitative estimate of drug-likeness (QED) is 0.709. The fourth-order valence-corrected chi connectivity index (χ4v) is 1.43. The molecule has 0 amide bonds. The van der Waals surface area contributed by atoms with Gasteiger partial charge in [-0.1, -0.05) is 18.2 Å². The van der Waals surface area contributed by atoms with E-state index in [1.807, 2.05) is 31.2 Å². The van der Waals surface area contributed by atoms with Crippen molar-refractivity contribution >= 4 is 10.9 Å². The van der Waals surface area contributed by atoms with Gasteiger partial charge in [-0.3, -0.25) is 0 Å². The van der Waals surface area contributed by atoms with Crippen molar-refractivity contribution in [3.63, 3.8) is 0 Å². The molecule has 0 bridgehead atoms. The van der Waals surface area contributed by atoms with E-state index in [4.69, 9.17) is 5.73 Å². The van der Waals surface area contributed by atoms with Crippen LogP contribution in [0, 0.1) is 6.92 Å². The molecule has 1 heterocycles. The largest absolute Gasteiger partial charge is 0.325 e. The molecule has 0 aliphatic rings. The SMILES string of the molecule is Cc1nc(CN)c2ccccc2n1. The second-order valence-electron chi connectivity index (χ2n) is 2.94. The van der Waals surface area contributed by atoms with Crippen LogP contribution >= 0.6 is 0 Å². The zero-order valence-corrected chi connectivity index (χ0v) is 7.49. The van der Waals surface area contributed by atoms with E-state index in [1.165, 1.54) is 0 Å². The third kappa shape index (κ3) is 1.38. The van der Waals surface area contributed by atoms with Crippen molar-refractivity contribution in [2.75, 3.05) is 0 Å². The third-order valence-electron chi connectivity index (χ3n) is 1.99. The molecule has 3 nitrogen and oxygen atoms in total. The highest BCUT2D eigenvalue weighted by atomic mass is 14.9. The summed E-state index contributed by atoms with van der Waals surface area (Å²) in [5.41, 5.74) is 7.48. The van der Waals surface area contributed by atoms with Crippen molar-refractivity contribution in [2.24, 2.45) is 5.73 Å². The minimum Gasteiger partial charge on any atom is -0.325 e. The number of rotatable bonds is 1. The van der Waals surface area contributed by atoms with Gasteiger partial charge in [-0.25, -0.2) is 9.97 Å². The van der Waals surface area contributed by atoms with Gasteiger partial charge in [0.15, 0.2) is 0 Å². The fourth-order valence-electron chi connectivity index (χ4n) is 1.43. The van der Waals surface area contributed by atoms with Crippen molar-refractivity contribution in [2.45, 2.75) is 13.5 Å². The van der Waals surface area contributed by atoms with Crippen LogP contribution < -0.4 is 5.73 Å². The molecule has 2 rings (SSSR count). The second-order valence-corrected chi connectivity index (χ2v) is 2.94. The number of aryl methyl sites for hydroxylation is 1. The lowest BCUT2D eigenvalue weighted by Gasteiger charge is -2.03. The maximum atomic E-state index is 5.59. The summed E-state index contributed by atoms with van der Waals surface area (Å²) in [4.78, 5) is 8.60. The van der Waals surface area contributed by atoms with Gasteiger partial charge in [0, 0.05) is 11.9 Å². The van der Waals surface area contributed by atoms with E-state index in [9.17, 15) is 0 Å². The van der Waals surface area contributed by atoms with Crippen LogP contribution in [0.15, 0.2) is 24.3 Å². The van der Waals surface area contributed by atoms with E-state index in [1.54, 1.807) is 0 Å². The molecule has 0 fully saturated rings. The Morgan fingerprint density at radius 3 is 2.77 bits per heavy atom. The lowest BCUT2D eigenvalue weighted by atomic mass is 10.2. The Kier molecular flexibility index (Phi) is 1.94. The average Bonchev–Trinajstić information content (AvgIpc) is 2.16. The third-order valence-corrected chi connectivity index (χ3v) is 1.99. The Morgan fingerprint density at radius 2 is 2.00 bits per heavy atom. The number of aromatic nitrogens is 2. The Labute approximate surface area is 76.6 Å². The van der Waals surface area contributed by atoms with Crippen LogP contribution in [-0.4, -0.2) is 9.97 Å². The van der Waals surface area contributed by atoms with Gasteiger partial charge >= 0.3 is 0 Å². The van der Waals surface area contributed by atoms with E-state index in [-0.39, 0.29) is 0 Å². The first-order valence-corrected chi connectivity index (χ1v) is 4.23. The van der Waals surface area contributed by atoms with Crippen LogP contribution in [0.3, 0.4) is 0 Å². The molecule has 0 aliphatic carbocycles. The van der Waals surface area contributed by atoms with Crippen LogP contribution in [0.5, 0.6) is 0 Å². The summed E-state index contributed by atoms with van der Waals surface area (Å²) in [5.74, 6) is 0.777. The Balaban J connectivity index is 2.81. The summed E-state index contributed by atoms with van der Waals surface area (Å²) in [5, 5.41) is 1.05. The molecule has 0 spiro atoms. The van der Waals surface area contributed by atoms with Crippen molar-refractivity contribution < 1.29 is 0 Å². The molecule has 0 saturated heterocycles. The topological polar surface area (TPSA) is 51.8 Å². The molecule has 0 saturated carbocycles. The van der Waals surface area contributed by atoms with Crippen LogP contribution in [0.25, 0.3) is 10.9 Å². The summed E-state index contributed by atoms with van der Waals surface area (Å²) in [6.07, 6.45) is 0. The molecule has 1 aromatic carbocycles. The van der Waals surface area contributed by atoms with E-state index >= 15 is 0 Å². The van der Waals surface area contributed by atoms with Gasteiger partial charge in [0.05, 0.1) is 11.2 Å². The Hall–Kier alpha value is -1.48. The minimum atomic E-state index is 0.462. The van der Waals surface area contributed by atoms with E-state index in [2.05, 4.69) is 9.97 Å². The lowest BCUT2D eigenvalue weighted by Crippen LogP contribution is -2.03. The maximum Gasteiger partial charge on any atom is 0.126 e. The summed E-state index contributed by atoms with van der Waals surface area (Å²) in [7, 11) is 0. The monoisotopic (exact) mass is 173 g/mol. The number of benzene rings is 1. The van der Waals surface area contributed by atoms with Gasteiger partial charge < -0.3 is 5.73 Å². The summed E-state index contributed by atoms with van der Waals surface area (Å²) >= 11 is 0. The molecular formula is C10H11N3. The normalized spacial score (nSPS) is 10.6. The molecule has 0 unspecified atom stereocenters. The van der Waals surface area contributed by atoms with Crippen molar-refractivity contribution in [3.8, 4) is 0 Å². The van der Waals surface area contributed by atoms with Crippen LogP contribution in [-0.2, 0) is 6.54 Å². The molecular weight excluding hydrogens is 162 g/mol. The predicted octanol–water partition coefficient (Wildman–Crippen LogP) is 1.40. The van der Waals surface area contributed by atoms with Gasteiger partial charge in [-0.2, -0.15) is 0 Å². The maximum absolute atomic E-state index is 5.59. The highest BCUT2D eigenvalue weighted by molar-refractivity contribution is 5.80. The summed E-state index contributed by atoms with van der Waals surface area (Å²) in [6, 6.07) is 7.91. The number of hydrogen-bond acceptors (Lipinski definition) is 3. The number of nitrogens with zero attached hydrogens (tertiary/aromatic N) is 2. The molecule has 0 atom stereocenters. The molecule has 2 N–H and O–H groups in total. The number of nitrogens with two attached hydrogens (primary N) is 1. The number of fused-ring (bicyclic) bond motifs is 1. The zero-order valence-electron chi connectivity index (χ0n) is 7.49. The second kappa shape index (κ2) is 3.11. The first-order chi connectivity index (χ1) is 6.31. The average molecular weight is 173 g/mol. The Morgan fingerprint density at radius 1 is 1.23 bits per heavy atom. The number of hydrogen-bond donors (Lipinski definition) is 1. The summed E-state index contributed by atoms with van der Waals surface area (Å²) < 4.78 is 0. The van der Waals surface area contributed by atoms with Gasteiger partial charge in [0.1, 0.15) is 5.82 Å². The highest BCUT2D eigenvalue weighted by Gasteiger charge is 2.01. The van der Waals surface area contributed by atoms with Gasteiger partial charge in [-0.15, -0.1) is 0 Å². The zero-order chi connectivity index (χ0) is 9.26. The number of para-hydroxylation sites is 1. The molecule has 66 valence electrons. The summed E-state index contributed by atoms with van der Waals surface area (Å²) in [6.45, 7) is 2.34. The standard InChI is InChI=1S/C10H11N3/c1-7-12-9-5-3-2-4-8(9)10(6-11)13-7/h2-5H,6,11H2,1H3. The minimum absolute atomic E-state index is 0.462. The molecule has 0 aliphatic heterocycles. The lowest BCUT2D eigenvalue weighted by molar-refractivity contribution is 0.954. The van der Waals surface area contributed by atoms with Crippen molar-refractivity contribution in [1.82, 2.24) is 9.97 Å². The van der Waals surface area contributed by atoms with E-state index in [0.29, 0.717) is 6.54 Å². The van der Waals surface area contributed by atoms with Crippen LogP contribution in [0.2, 0.25) is 0 Å². The molecule has 3 heteroatoms. The van der Waals surface area contributed by atoms with E-state index in [0.717, 1.165) is 22.4 Å². The van der Waals surface area contributed by atoms with Gasteiger partial charge in [-0.05, 0) is 13.0 Å².